The first kappa shape index (κ1) is 14.6. The molecule has 3 heteroatoms. The van der Waals surface area contributed by atoms with Gasteiger partial charge in [0.25, 0.3) is 6.33 Å². The lowest BCUT2D eigenvalue weighted by Gasteiger charge is -2.11. The molecule has 0 unspecified atom stereocenters. The van der Waals surface area contributed by atoms with E-state index in [1.54, 1.807) is 11.3 Å². The van der Waals surface area contributed by atoms with Gasteiger partial charge in [0.1, 0.15) is 5.69 Å². The van der Waals surface area contributed by atoms with Crippen LogP contribution in [0.15, 0.2) is 66.3 Å². The first-order chi connectivity index (χ1) is 12.2. The summed E-state index contributed by atoms with van der Waals surface area (Å²) in [6.45, 7) is 2.22. The van der Waals surface area contributed by atoms with E-state index in [9.17, 15) is 0 Å². The van der Waals surface area contributed by atoms with Gasteiger partial charge >= 0.3 is 0 Å². The molecule has 0 atom stereocenters. The number of rotatable bonds is 1. The first-order valence-corrected chi connectivity index (χ1v) is 9.25. The van der Waals surface area contributed by atoms with Crippen LogP contribution in [-0.2, 0) is 7.05 Å². The third-order valence-corrected chi connectivity index (χ3v) is 5.95. The molecular formula is C22H17N2S+. The Labute approximate surface area is 150 Å². The number of aryl methyl sites for hydroxylation is 2. The van der Waals surface area contributed by atoms with Crippen LogP contribution in [0.3, 0.4) is 0 Å². The molecule has 3 aromatic carbocycles. The van der Waals surface area contributed by atoms with E-state index in [-0.39, 0.29) is 0 Å². The van der Waals surface area contributed by atoms with Gasteiger partial charge in [0.05, 0.1) is 17.1 Å². The zero-order valence-corrected chi connectivity index (χ0v) is 15.0. The maximum absolute atomic E-state index is 4.73. The topological polar surface area (TPSA) is 16.8 Å². The van der Waals surface area contributed by atoms with E-state index in [4.69, 9.17) is 4.98 Å². The average Bonchev–Trinajstić information content (AvgIpc) is 3.12. The molecule has 0 fully saturated rings. The fourth-order valence-corrected chi connectivity index (χ4v) is 4.64. The van der Waals surface area contributed by atoms with Gasteiger partial charge in [0.15, 0.2) is 0 Å². The lowest BCUT2D eigenvalue weighted by atomic mass is 9.96. The van der Waals surface area contributed by atoms with Gasteiger partial charge in [-0.15, -0.1) is 11.3 Å². The molecule has 0 amide bonds. The molecule has 120 valence electrons. The average molecular weight is 341 g/mol. The SMILES string of the molecule is Cc1c(-c2c3ccc4ccsc4c3nc[n+]2C)ccc2ccccc12. The predicted octanol–water partition coefficient (Wildman–Crippen LogP) is 5.40. The second kappa shape index (κ2) is 5.36. The zero-order valence-electron chi connectivity index (χ0n) is 14.2. The number of hydrogen-bond donors (Lipinski definition) is 0. The van der Waals surface area contributed by atoms with Crippen LogP contribution in [0.25, 0.3) is 43.0 Å². The highest BCUT2D eigenvalue weighted by atomic mass is 32.1. The molecule has 0 aliphatic heterocycles. The minimum Gasteiger partial charge on any atom is -0.232 e. The van der Waals surface area contributed by atoms with Crippen LogP contribution in [0.5, 0.6) is 0 Å². The Balaban J connectivity index is 1.92. The van der Waals surface area contributed by atoms with E-state index >= 15 is 0 Å². The molecule has 5 aromatic rings. The van der Waals surface area contributed by atoms with Crippen LogP contribution in [0.1, 0.15) is 5.56 Å². The van der Waals surface area contributed by atoms with Crippen LogP contribution < -0.4 is 4.57 Å². The van der Waals surface area contributed by atoms with Crippen molar-refractivity contribution in [2.45, 2.75) is 6.92 Å². The second-order valence-electron chi connectivity index (χ2n) is 6.46. The highest BCUT2D eigenvalue weighted by Gasteiger charge is 2.19. The summed E-state index contributed by atoms with van der Waals surface area (Å²) >= 11 is 1.76. The van der Waals surface area contributed by atoms with Crippen molar-refractivity contribution in [2.75, 3.05) is 0 Å². The lowest BCUT2D eigenvalue weighted by molar-refractivity contribution is -0.662. The van der Waals surface area contributed by atoms with Gasteiger partial charge in [-0.05, 0) is 57.2 Å². The standard InChI is InChI=1S/C22H17N2S/c1-14-17-6-4-3-5-15(17)7-9-18(14)21-19-10-8-16-11-12-25-22(16)20(19)23-13-24(21)2/h3-13H,1-2H3/q+1. The van der Waals surface area contributed by atoms with Crippen molar-refractivity contribution in [3.63, 3.8) is 0 Å². The number of nitrogens with zero attached hydrogens (tertiary/aromatic N) is 2. The third-order valence-electron chi connectivity index (χ3n) is 5.02. The molecule has 0 aliphatic rings. The maximum Gasteiger partial charge on any atom is 0.287 e. The Kier molecular flexibility index (Phi) is 3.12. The Morgan fingerprint density at radius 2 is 1.72 bits per heavy atom. The van der Waals surface area contributed by atoms with Gasteiger partial charge in [-0.1, -0.05) is 36.4 Å². The van der Waals surface area contributed by atoms with Gasteiger partial charge in [0.2, 0.25) is 5.52 Å². The third kappa shape index (κ3) is 2.09. The molecule has 5 rings (SSSR count). The summed E-state index contributed by atoms with van der Waals surface area (Å²) in [7, 11) is 2.08. The van der Waals surface area contributed by atoms with Crippen LogP contribution in [-0.4, -0.2) is 4.98 Å². The van der Waals surface area contributed by atoms with Crippen LogP contribution in [0.2, 0.25) is 0 Å². The second-order valence-corrected chi connectivity index (χ2v) is 7.38. The highest BCUT2D eigenvalue weighted by Crippen LogP contribution is 2.35. The smallest absolute Gasteiger partial charge is 0.232 e. The van der Waals surface area contributed by atoms with Crippen molar-refractivity contribution in [1.82, 2.24) is 4.98 Å². The first-order valence-electron chi connectivity index (χ1n) is 8.37. The molecule has 2 nitrogen and oxygen atoms in total. The summed E-state index contributed by atoms with van der Waals surface area (Å²) < 4.78 is 3.40. The van der Waals surface area contributed by atoms with Crippen molar-refractivity contribution < 1.29 is 4.57 Å². The maximum atomic E-state index is 4.73. The predicted molar refractivity (Wildman–Crippen MR) is 106 cm³/mol. The van der Waals surface area contributed by atoms with Crippen molar-refractivity contribution >= 4 is 43.1 Å². The quantitative estimate of drug-likeness (QED) is 0.373. The van der Waals surface area contributed by atoms with E-state index in [0.29, 0.717) is 0 Å². The molecule has 0 N–H and O–H groups in total. The number of fused-ring (bicyclic) bond motifs is 4. The number of benzene rings is 3. The minimum absolute atomic E-state index is 1.09. The van der Waals surface area contributed by atoms with Crippen molar-refractivity contribution in [3.05, 3.63) is 71.9 Å². The fourth-order valence-electron chi connectivity index (χ4n) is 3.75. The Morgan fingerprint density at radius 1 is 0.880 bits per heavy atom. The Morgan fingerprint density at radius 3 is 2.64 bits per heavy atom. The summed E-state index contributed by atoms with van der Waals surface area (Å²) in [4.78, 5) is 4.73. The van der Waals surface area contributed by atoms with E-state index in [1.807, 2.05) is 6.33 Å². The Bertz CT molecular complexity index is 1270. The lowest BCUT2D eigenvalue weighted by Crippen LogP contribution is -2.31. The molecule has 25 heavy (non-hydrogen) atoms. The zero-order chi connectivity index (χ0) is 17.0. The molecule has 2 heterocycles. The minimum atomic E-state index is 1.09. The molecular weight excluding hydrogens is 324 g/mol. The fraction of sp³-hybridized carbons (Fsp3) is 0.0909. The van der Waals surface area contributed by atoms with E-state index in [2.05, 4.69) is 78.5 Å². The van der Waals surface area contributed by atoms with Crippen molar-refractivity contribution in [3.8, 4) is 11.3 Å². The molecule has 0 aliphatic carbocycles. The number of aromatic nitrogens is 2. The molecule has 0 saturated carbocycles. The molecule has 0 spiro atoms. The van der Waals surface area contributed by atoms with Crippen LogP contribution >= 0.6 is 11.3 Å². The van der Waals surface area contributed by atoms with Gasteiger partial charge in [-0.3, -0.25) is 0 Å². The van der Waals surface area contributed by atoms with E-state index in [0.717, 1.165) is 5.52 Å². The van der Waals surface area contributed by atoms with E-state index < -0.39 is 0 Å². The summed E-state index contributed by atoms with van der Waals surface area (Å²) in [5, 5.41) is 7.20. The van der Waals surface area contributed by atoms with E-state index in [1.165, 1.54) is 43.1 Å². The van der Waals surface area contributed by atoms with Gasteiger partial charge in [-0.25, -0.2) is 4.57 Å². The van der Waals surface area contributed by atoms with Crippen molar-refractivity contribution in [1.29, 1.82) is 0 Å². The summed E-state index contributed by atoms with van der Waals surface area (Å²) in [6, 6.07) is 19.6. The summed E-state index contributed by atoms with van der Waals surface area (Å²) in [5.41, 5.74) is 4.90. The van der Waals surface area contributed by atoms with Gasteiger partial charge < -0.3 is 0 Å². The molecule has 0 saturated heterocycles. The van der Waals surface area contributed by atoms with Gasteiger partial charge in [0, 0.05) is 5.56 Å². The molecule has 0 bridgehead atoms. The molecule has 2 aromatic heterocycles. The van der Waals surface area contributed by atoms with Gasteiger partial charge in [-0.2, -0.15) is 0 Å². The van der Waals surface area contributed by atoms with Crippen LogP contribution in [0.4, 0.5) is 0 Å². The largest absolute Gasteiger partial charge is 0.287 e. The number of thiophene rings is 1. The van der Waals surface area contributed by atoms with Crippen molar-refractivity contribution in [2.24, 2.45) is 7.05 Å². The highest BCUT2D eigenvalue weighted by molar-refractivity contribution is 7.18. The Hall–Kier alpha value is -2.78. The summed E-state index contributed by atoms with van der Waals surface area (Å²) in [6.07, 6.45) is 1.94. The number of hydrogen-bond acceptors (Lipinski definition) is 2. The molecule has 0 radical (unpaired) electrons. The summed E-state index contributed by atoms with van der Waals surface area (Å²) in [5.74, 6) is 0. The monoisotopic (exact) mass is 341 g/mol. The van der Waals surface area contributed by atoms with Crippen LogP contribution in [0, 0.1) is 6.92 Å². The normalized spacial score (nSPS) is 11.6.